The summed E-state index contributed by atoms with van der Waals surface area (Å²) in [6.45, 7) is 0. The summed E-state index contributed by atoms with van der Waals surface area (Å²) >= 11 is 0. The van der Waals surface area contributed by atoms with Crippen molar-refractivity contribution in [1.29, 1.82) is 0 Å². The molecule has 4 nitrogen and oxygen atoms in total. The highest BCUT2D eigenvalue weighted by Crippen LogP contribution is 2.30. The van der Waals surface area contributed by atoms with Crippen molar-refractivity contribution in [3.63, 3.8) is 0 Å². The number of hydrogen-bond acceptors (Lipinski definition) is 3. The van der Waals surface area contributed by atoms with Crippen LogP contribution in [0.5, 0.6) is 5.75 Å². The summed E-state index contributed by atoms with van der Waals surface area (Å²) in [5.41, 5.74) is 1.20. The lowest BCUT2D eigenvalue weighted by atomic mass is 9.98. The Morgan fingerprint density at radius 1 is 1.15 bits per heavy atom. The Bertz CT molecular complexity index is 614. The molecule has 1 amide bonds. The number of carbonyl (C=O) groups excluding carboxylic acids is 1. The quantitative estimate of drug-likeness (QED) is 0.845. The zero-order valence-corrected chi connectivity index (χ0v) is 16.0. The first-order chi connectivity index (χ1) is 12.7. The second-order valence-corrected chi connectivity index (χ2v) is 8.44. The van der Waals surface area contributed by atoms with Gasteiger partial charge in [0.05, 0.1) is 6.10 Å². The molecule has 0 spiro atoms. The summed E-state index contributed by atoms with van der Waals surface area (Å²) in [4.78, 5) is 14.7. The molecule has 1 aliphatic carbocycles. The van der Waals surface area contributed by atoms with Crippen molar-refractivity contribution in [3.8, 4) is 5.75 Å². The van der Waals surface area contributed by atoms with E-state index in [2.05, 4.69) is 23.5 Å². The number of rotatable bonds is 6. The molecule has 0 aromatic heterocycles. The normalized spacial score (nSPS) is 28.3. The summed E-state index contributed by atoms with van der Waals surface area (Å²) < 4.78 is 6.09. The Hall–Kier alpha value is -1.55. The van der Waals surface area contributed by atoms with Gasteiger partial charge in [-0.25, -0.2) is 0 Å². The molecule has 1 saturated carbocycles. The van der Waals surface area contributed by atoms with E-state index >= 15 is 0 Å². The molecule has 1 aromatic carbocycles. The van der Waals surface area contributed by atoms with Crippen molar-refractivity contribution < 1.29 is 9.53 Å². The molecule has 2 bridgehead atoms. The van der Waals surface area contributed by atoms with Crippen LogP contribution in [-0.4, -0.2) is 42.1 Å². The maximum atomic E-state index is 12.7. The third kappa shape index (κ3) is 4.22. The maximum absolute atomic E-state index is 12.7. The van der Waals surface area contributed by atoms with E-state index in [1.165, 1.54) is 44.1 Å². The first-order valence-corrected chi connectivity index (χ1v) is 10.4. The van der Waals surface area contributed by atoms with E-state index < -0.39 is 0 Å². The number of piperidine rings is 1. The Morgan fingerprint density at radius 3 is 2.62 bits per heavy atom. The molecule has 1 aromatic rings. The number of nitrogens with zero attached hydrogens (tertiary/aromatic N) is 1. The van der Waals surface area contributed by atoms with Crippen molar-refractivity contribution in [2.45, 2.75) is 88.4 Å². The van der Waals surface area contributed by atoms with Gasteiger partial charge in [-0.05, 0) is 75.5 Å². The van der Waals surface area contributed by atoms with Crippen LogP contribution < -0.4 is 10.1 Å². The number of ether oxygens (including phenoxy) is 1. The van der Waals surface area contributed by atoms with Crippen molar-refractivity contribution in [3.05, 3.63) is 29.8 Å². The summed E-state index contributed by atoms with van der Waals surface area (Å²) in [5.74, 6) is 1.24. The number of aryl methyl sites for hydroxylation is 1. The van der Waals surface area contributed by atoms with Crippen LogP contribution >= 0.6 is 0 Å². The van der Waals surface area contributed by atoms with Gasteiger partial charge in [0.25, 0.3) is 0 Å². The zero-order chi connectivity index (χ0) is 17.9. The monoisotopic (exact) mass is 356 g/mol. The van der Waals surface area contributed by atoms with Gasteiger partial charge in [-0.2, -0.15) is 0 Å². The number of carbonyl (C=O) groups is 1. The van der Waals surface area contributed by atoms with E-state index in [1.807, 2.05) is 18.0 Å². The van der Waals surface area contributed by atoms with Gasteiger partial charge in [0.2, 0.25) is 5.91 Å². The fourth-order valence-electron chi connectivity index (χ4n) is 4.95. The SMILES string of the molecule is CN(C(=O)CCc1cccc(OC2CCCC2)c1)C1CC2CCC(C1)N2. The number of fused-ring (bicyclic) bond motifs is 2. The van der Waals surface area contributed by atoms with E-state index in [4.69, 9.17) is 4.74 Å². The maximum Gasteiger partial charge on any atom is 0.222 e. The molecule has 26 heavy (non-hydrogen) atoms. The average molecular weight is 357 g/mol. The van der Waals surface area contributed by atoms with Crippen molar-refractivity contribution in [2.24, 2.45) is 0 Å². The van der Waals surface area contributed by atoms with E-state index in [-0.39, 0.29) is 5.91 Å². The summed E-state index contributed by atoms with van der Waals surface area (Å²) in [6.07, 6.45) is 11.4. The van der Waals surface area contributed by atoms with Crippen LogP contribution in [0.1, 0.15) is 63.4 Å². The van der Waals surface area contributed by atoms with Gasteiger partial charge in [0.1, 0.15) is 5.75 Å². The third-order valence-electron chi connectivity index (χ3n) is 6.52. The minimum absolute atomic E-state index is 0.276. The van der Waals surface area contributed by atoms with Crippen LogP contribution in [0.15, 0.2) is 24.3 Å². The highest BCUT2D eigenvalue weighted by molar-refractivity contribution is 5.76. The van der Waals surface area contributed by atoms with E-state index in [1.54, 1.807) is 0 Å². The number of amides is 1. The lowest BCUT2D eigenvalue weighted by Crippen LogP contribution is -2.48. The molecule has 3 fully saturated rings. The van der Waals surface area contributed by atoms with Crippen LogP contribution in [0.4, 0.5) is 0 Å². The van der Waals surface area contributed by atoms with Crippen molar-refractivity contribution in [1.82, 2.24) is 10.2 Å². The fraction of sp³-hybridized carbons (Fsp3) is 0.682. The van der Waals surface area contributed by atoms with Crippen LogP contribution in [0, 0.1) is 0 Å². The van der Waals surface area contributed by atoms with Gasteiger partial charge in [-0.15, -0.1) is 0 Å². The summed E-state index contributed by atoms with van der Waals surface area (Å²) in [7, 11) is 2.00. The number of nitrogens with one attached hydrogen (secondary N) is 1. The predicted molar refractivity (Wildman–Crippen MR) is 103 cm³/mol. The second kappa shape index (κ2) is 7.99. The molecule has 1 N–H and O–H groups in total. The molecule has 4 heteroatoms. The fourth-order valence-corrected chi connectivity index (χ4v) is 4.95. The molecule has 2 aliphatic heterocycles. The van der Waals surface area contributed by atoms with E-state index in [9.17, 15) is 4.79 Å². The number of benzene rings is 1. The van der Waals surface area contributed by atoms with Gasteiger partial charge in [0.15, 0.2) is 0 Å². The summed E-state index contributed by atoms with van der Waals surface area (Å²) in [6, 6.07) is 9.99. The predicted octanol–water partition coefficient (Wildman–Crippen LogP) is 3.68. The van der Waals surface area contributed by atoms with Crippen LogP contribution in [-0.2, 0) is 11.2 Å². The van der Waals surface area contributed by atoms with Crippen LogP contribution in [0.25, 0.3) is 0 Å². The van der Waals surface area contributed by atoms with E-state index in [0.29, 0.717) is 30.7 Å². The van der Waals surface area contributed by atoms with Gasteiger partial charge < -0.3 is 15.0 Å². The molecule has 0 radical (unpaired) electrons. The molecule has 4 rings (SSSR count). The lowest BCUT2D eigenvalue weighted by Gasteiger charge is -2.35. The molecule has 2 atom stereocenters. The third-order valence-corrected chi connectivity index (χ3v) is 6.52. The van der Waals surface area contributed by atoms with Crippen LogP contribution in [0.3, 0.4) is 0 Å². The molecule has 2 saturated heterocycles. The van der Waals surface area contributed by atoms with E-state index in [0.717, 1.165) is 25.0 Å². The molecule has 2 heterocycles. The van der Waals surface area contributed by atoms with Crippen LogP contribution in [0.2, 0.25) is 0 Å². The largest absolute Gasteiger partial charge is 0.490 e. The van der Waals surface area contributed by atoms with Crippen molar-refractivity contribution >= 4 is 5.91 Å². The molecular formula is C22H32N2O2. The Balaban J connectivity index is 1.28. The van der Waals surface area contributed by atoms with Gasteiger partial charge in [0, 0.05) is 31.6 Å². The topological polar surface area (TPSA) is 41.6 Å². The summed E-state index contributed by atoms with van der Waals surface area (Å²) in [5, 5.41) is 3.66. The Labute approximate surface area is 157 Å². The van der Waals surface area contributed by atoms with Gasteiger partial charge in [-0.1, -0.05) is 12.1 Å². The van der Waals surface area contributed by atoms with Gasteiger partial charge >= 0.3 is 0 Å². The Morgan fingerprint density at radius 2 is 1.88 bits per heavy atom. The minimum Gasteiger partial charge on any atom is -0.490 e. The standard InChI is InChI=1S/C22H32N2O2/c1-24(19-14-17-10-11-18(15-19)23-17)22(25)12-9-16-5-4-8-21(13-16)26-20-6-2-3-7-20/h4-5,8,13,17-20,23H,2-3,6-7,9-12,14-15H2,1H3. The first-order valence-electron chi connectivity index (χ1n) is 10.4. The highest BCUT2D eigenvalue weighted by Gasteiger charge is 2.36. The minimum atomic E-state index is 0.276. The molecule has 3 aliphatic rings. The Kier molecular flexibility index (Phi) is 5.49. The molecule has 142 valence electrons. The second-order valence-electron chi connectivity index (χ2n) is 8.44. The van der Waals surface area contributed by atoms with Gasteiger partial charge in [-0.3, -0.25) is 4.79 Å². The molecular weight excluding hydrogens is 324 g/mol. The highest BCUT2D eigenvalue weighted by atomic mass is 16.5. The van der Waals surface area contributed by atoms with Crippen molar-refractivity contribution in [2.75, 3.05) is 7.05 Å². The first kappa shape index (κ1) is 17.8. The zero-order valence-electron chi connectivity index (χ0n) is 16.0. The average Bonchev–Trinajstić information content (AvgIpc) is 3.28. The molecule has 2 unspecified atom stereocenters. The number of hydrogen-bond donors (Lipinski definition) is 1. The lowest BCUT2D eigenvalue weighted by molar-refractivity contribution is -0.132. The smallest absolute Gasteiger partial charge is 0.222 e.